The van der Waals surface area contributed by atoms with E-state index in [9.17, 15) is 35.7 Å². The van der Waals surface area contributed by atoms with Crippen LogP contribution in [0.4, 0.5) is 0 Å². The summed E-state index contributed by atoms with van der Waals surface area (Å²) in [6.45, 7) is 3.27. The van der Waals surface area contributed by atoms with Gasteiger partial charge in [0, 0.05) is 12.1 Å². The van der Waals surface area contributed by atoms with Gasteiger partial charge in [0.15, 0.2) is 11.5 Å². The molecule has 1 saturated heterocycles. The van der Waals surface area contributed by atoms with Crippen molar-refractivity contribution in [3.63, 3.8) is 0 Å². The first-order valence-electron chi connectivity index (χ1n) is 9.27. The van der Waals surface area contributed by atoms with E-state index >= 15 is 0 Å². The van der Waals surface area contributed by atoms with Gasteiger partial charge in [-0.15, -0.1) is 0 Å². The molecule has 10 nitrogen and oxygen atoms in total. The molecule has 1 heterocycles. The zero-order valence-corrected chi connectivity index (χ0v) is 16.5. The zero-order chi connectivity index (χ0) is 22.9. The first-order valence-corrected chi connectivity index (χ1v) is 9.27. The van der Waals surface area contributed by atoms with Crippen LogP contribution in [-0.4, -0.2) is 80.2 Å². The Bertz CT molecular complexity index is 957. The Labute approximate surface area is 177 Å². The van der Waals surface area contributed by atoms with E-state index in [1.165, 1.54) is 37.4 Å². The van der Waals surface area contributed by atoms with E-state index < -0.39 is 43.1 Å². The lowest BCUT2D eigenvalue weighted by molar-refractivity contribution is -0.277. The van der Waals surface area contributed by atoms with Gasteiger partial charge >= 0.3 is 0 Å². The summed E-state index contributed by atoms with van der Waals surface area (Å²) < 4.78 is 16.2. The molecule has 0 spiro atoms. The number of phenols is 3. The van der Waals surface area contributed by atoms with Crippen molar-refractivity contribution in [3.8, 4) is 28.7 Å². The van der Waals surface area contributed by atoms with Crippen molar-refractivity contribution in [1.82, 2.24) is 0 Å². The number of aliphatic hydroxyl groups is 4. The molecule has 168 valence electrons. The van der Waals surface area contributed by atoms with Crippen molar-refractivity contribution in [2.45, 2.75) is 30.7 Å². The highest BCUT2D eigenvalue weighted by Gasteiger charge is 2.45. The number of aromatic hydroxyl groups is 3. The maximum absolute atomic E-state index is 10.6. The molecule has 1 aliphatic heterocycles. The molecule has 0 saturated carbocycles. The predicted molar refractivity (Wildman–Crippen MR) is 107 cm³/mol. The lowest BCUT2D eigenvalue weighted by atomic mass is 9.96. The van der Waals surface area contributed by atoms with Crippen molar-refractivity contribution in [1.29, 1.82) is 0 Å². The van der Waals surface area contributed by atoms with Crippen molar-refractivity contribution in [2.75, 3.05) is 13.7 Å². The molecule has 0 bridgehead atoms. The largest absolute Gasteiger partial charge is 0.507 e. The first kappa shape index (κ1) is 22.7. The van der Waals surface area contributed by atoms with Gasteiger partial charge in [0.25, 0.3) is 0 Å². The van der Waals surface area contributed by atoms with Gasteiger partial charge in [-0.2, -0.15) is 0 Å². The molecule has 5 unspecified atom stereocenters. The SMILES string of the molecule is C=C(c1ccc(O)c(O)c1)c1c(O)cc(OC)cc1OC1OC(CO)C(O)C(O)C1O. The normalized spacial score (nSPS) is 25.8. The molecule has 0 aromatic heterocycles. The molecule has 5 atom stereocenters. The van der Waals surface area contributed by atoms with E-state index in [4.69, 9.17) is 14.2 Å². The Morgan fingerprint density at radius 3 is 2.29 bits per heavy atom. The topological polar surface area (TPSA) is 169 Å². The summed E-state index contributed by atoms with van der Waals surface area (Å²) in [5.74, 6) is -0.909. The molecule has 0 radical (unpaired) electrons. The number of phenolic OH excluding ortho intramolecular Hbond substituents is 3. The van der Waals surface area contributed by atoms with Gasteiger partial charge in [-0.25, -0.2) is 0 Å². The molecular weight excluding hydrogens is 412 g/mol. The summed E-state index contributed by atoms with van der Waals surface area (Å²) >= 11 is 0. The fourth-order valence-corrected chi connectivity index (χ4v) is 3.24. The summed E-state index contributed by atoms with van der Waals surface area (Å²) in [5.41, 5.74) is 0.590. The van der Waals surface area contributed by atoms with Crippen LogP contribution >= 0.6 is 0 Å². The van der Waals surface area contributed by atoms with E-state index in [0.717, 1.165) is 0 Å². The molecule has 1 aliphatic rings. The average molecular weight is 436 g/mol. The van der Waals surface area contributed by atoms with E-state index in [0.29, 0.717) is 5.56 Å². The Morgan fingerprint density at radius 1 is 0.968 bits per heavy atom. The molecule has 1 fully saturated rings. The summed E-state index contributed by atoms with van der Waals surface area (Å²) in [4.78, 5) is 0. The highest BCUT2D eigenvalue weighted by Crippen LogP contribution is 2.42. The quantitative estimate of drug-likeness (QED) is 0.307. The molecule has 2 aromatic carbocycles. The molecular formula is C21H24O10. The number of rotatable bonds is 6. The smallest absolute Gasteiger partial charge is 0.229 e. The summed E-state index contributed by atoms with van der Waals surface area (Å²) in [6, 6.07) is 6.61. The number of hydrogen-bond acceptors (Lipinski definition) is 10. The van der Waals surface area contributed by atoms with Gasteiger partial charge in [0.2, 0.25) is 6.29 Å². The van der Waals surface area contributed by atoms with Crippen molar-refractivity contribution < 1.29 is 50.0 Å². The zero-order valence-electron chi connectivity index (χ0n) is 16.5. The van der Waals surface area contributed by atoms with Crippen LogP contribution in [0.15, 0.2) is 36.9 Å². The Hall–Kier alpha value is -3.02. The Balaban J connectivity index is 2.02. The molecule has 3 rings (SSSR count). The predicted octanol–water partition coefficient (Wildman–Crippen LogP) is 0.0522. The van der Waals surface area contributed by atoms with Crippen molar-refractivity contribution in [2.24, 2.45) is 0 Å². The number of benzene rings is 2. The van der Waals surface area contributed by atoms with Crippen LogP contribution in [-0.2, 0) is 4.74 Å². The molecule has 0 aliphatic carbocycles. The van der Waals surface area contributed by atoms with Gasteiger partial charge in [-0.1, -0.05) is 12.6 Å². The summed E-state index contributed by atoms with van der Waals surface area (Å²) in [5, 5.41) is 69.5. The second-order valence-electron chi connectivity index (χ2n) is 7.02. The maximum atomic E-state index is 10.6. The maximum Gasteiger partial charge on any atom is 0.229 e. The minimum absolute atomic E-state index is 0.0567. The highest BCUT2D eigenvalue weighted by molar-refractivity contribution is 5.85. The Kier molecular flexibility index (Phi) is 6.58. The lowest BCUT2D eigenvalue weighted by Crippen LogP contribution is -2.60. The van der Waals surface area contributed by atoms with Crippen molar-refractivity contribution >= 4 is 5.57 Å². The van der Waals surface area contributed by atoms with Crippen LogP contribution in [0.3, 0.4) is 0 Å². The number of ether oxygens (including phenoxy) is 3. The first-order chi connectivity index (χ1) is 14.7. The summed E-state index contributed by atoms with van der Waals surface area (Å²) in [7, 11) is 1.36. The third kappa shape index (κ3) is 4.38. The average Bonchev–Trinajstić information content (AvgIpc) is 2.75. The number of hydrogen-bond donors (Lipinski definition) is 7. The highest BCUT2D eigenvalue weighted by atomic mass is 16.7. The van der Waals surface area contributed by atoms with E-state index in [-0.39, 0.29) is 34.1 Å². The number of methoxy groups -OCH3 is 1. The lowest BCUT2D eigenvalue weighted by Gasteiger charge is -2.39. The van der Waals surface area contributed by atoms with Crippen LogP contribution in [0.25, 0.3) is 5.57 Å². The second-order valence-corrected chi connectivity index (χ2v) is 7.02. The minimum atomic E-state index is -1.68. The van der Waals surface area contributed by atoms with Crippen LogP contribution in [0.1, 0.15) is 11.1 Å². The van der Waals surface area contributed by atoms with Crippen LogP contribution in [0.5, 0.6) is 28.7 Å². The van der Waals surface area contributed by atoms with Gasteiger partial charge in [-0.05, 0) is 23.3 Å². The third-order valence-corrected chi connectivity index (χ3v) is 5.01. The van der Waals surface area contributed by atoms with Gasteiger partial charge in [-0.3, -0.25) is 0 Å². The molecule has 31 heavy (non-hydrogen) atoms. The Morgan fingerprint density at radius 2 is 1.68 bits per heavy atom. The third-order valence-electron chi connectivity index (χ3n) is 5.01. The molecule has 2 aromatic rings. The minimum Gasteiger partial charge on any atom is -0.507 e. The molecule has 7 N–H and O–H groups in total. The van der Waals surface area contributed by atoms with E-state index in [2.05, 4.69) is 6.58 Å². The van der Waals surface area contributed by atoms with Crippen LogP contribution in [0, 0.1) is 0 Å². The second kappa shape index (κ2) is 9.00. The fourth-order valence-electron chi connectivity index (χ4n) is 3.24. The van der Waals surface area contributed by atoms with Gasteiger partial charge in [0.1, 0.15) is 41.7 Å². The standard InChI is InChI=1S/C21H24O10/c1-9(10-3-4-12(23)13(24)5-10)17-14(25)6-11(29-2)7-15(17)30-21-20(28)19(27)18(26)16(8-22)31-21/h3-7,16,18-28H,1,8H2,2H3. The van der Waals surface area contributed by atoms with E-state index in [1.807, 2.05) is 0 Å². The van der Waals surface area contributed by atoms with Gasteiger partial charge < -0.3 is 50.0 Å². The van der Waals surface area contributed by atoms with Gasteiger partial charge in [0.05, 0.1) is 19.3 Å². The van der Waals surface area contributed by atoms with Crippen LogP contribution in [0.2, 0.25) is 0 Å². The molecule has 0 amide bonds. The van der Waals surface area contributed by atoms with E-state index in [1.54, 1.807) is 0 Å². The number of aliphatic hydroxyl groups excluding tert-OH is 4. The monoisotopic (exact) mass is 436 g/mol. The fraction of sp³-hybridized carbons (Fsp3) is 0.333. The van der Waals surface area contributed by atoms with Crippen molar-refractivity contribution in [3.05, 3.63) is 48.0 Å². The van der Waals surface area contributed by atoms with Crippen LogP contribution < -0.4 is 9.47 Å². The molecule has 10 heteroatoms. The summed E-state index contributed by atoms with van der Waals surface area (Å²) in [6.07, 6.45) is -7.60.